The van der Waals surface area contributed by atoms with Gasteiger partial charge in [0.05, 0.1) is 16.6 Å². The maximum Gasteiger partial charge on any atom is 0.146 e. The van der Waals surface area contributed by atoms with Crippen molar-refractivity contribution in [3.8, 4) is 0 Å². The number of hydrogen-bond acceptors (Lipinski definition) is 1. The zero-order valence-corrected chi connectivity index (χ0v) is 13.2. The lowest BCUT2D eigenvalue weighted by Crippen LogP contribution is -1.93. The normalized spacial score (nSPS) is 11.9. The number of nitrogens with zero attached hydrogens (tertiary/aromatic N) is 2. The first-order chi connectivity index (χ1) is 11.2. The zero-order chi connectivity index (χ0) is 15.6. The van der Waals surface area contributed by atoms with Crippen LogP contribution in [-0.4, -0.2) is 9.38 Å². The molecular formula is C21H16N2. The second kappa shape index (κ2) is 4.32. The molecule has 2 heterocycles. The summed E-state index contributed by atoms with van der Waals surface area (Å²) in [6, 6.07) is 21.5. The van der Waals surface area contributed by atoms with E-state index in [-0.39, 0.29) is 0 Å². The number of aromatic nitrogens is 2. The summed E-state index contributed by atoms with van der Waals surface area (Å²) in [5.74, 6) is 0. The number of fused-ring (bicyclic) bond motifs is 8. The highest BCUT2D eigenvalue weighted by Crippen LogP contribution is 2.33. The Bertz CT molecular complexity index is 1230. The van der Waals surface area contributed by atoms with Crippen molar-refractivity contribution in [2.45, 2.75) is 13.8 Å². The fraction of sp³-hybridized carbons (Fsp3) is 0.0952. The second-order valence-electron chi connectivity index (χ2n) is 6.26. The van der Waals surface area contributed by atoms with Crippen molar-refractivity contribution in [2.75, 3.05) is 0 Å². The lowest BCUT2D eigenvalue weighted by Gasteiger charge is -2.11. The third-order valence-electron chi connectivity index (χ3n) is 4.87. The fourth-order valence-corrected chi connectivity index (χ4v) is 3.57. The number of rotatable bonds is 0. The van der Waals surface area contributed by atoms with Gasteiger partial charge in [-0.3, -0.25) is 4.40 Å². The lowest BCUT2D eigenvalue weighted by molar-refractivity contribution is 1.30. The van der Waals surface area contributed by atoms with Crippen molar-refractivity contribution in [3.05, 3.63) is 71.8 Å². The molecule has 0 radical (unpaired) electrons. The Labute approximate surface area is 134 Å². The standard InChI is InChI=1S/C21H16N2/c1-13-11-16-15-7-3-5-9-19(15)23-20-10-6-4-8-18(20)22-21(23)17(16)12-14(13)2/h3-12H,1-2H3. The van der Waals surface area contributed by atoms with Crippen LogP contribution >= 0.6 is 0 Å². The van der Waals surface area contributed by atoms with Gasteiger partial charge in [0.1, 0.15) is 5.65 Å². The first-order valence-corrected chi connectivity index (χ1v) is 7.93. The van der Waals surface area contributed by atoms with Crippen LogP contribution in [-0.2, 0) is 0 Å². The summed E-state index contributed by atoms with van der Waals surface area (Å²) in [6.07, 6.45) is 0. The number of benzene rings is 3. The molecule has 2 aromatic heterocycles. The monoisotopic (exact) mass is 296 g/mol. The van der Waals surface area contributed by atoms with Crippen LogP contribution in [0.2, 0.25) is 0 Å². The van der Waals surface area contributed by atoms with Crippen molar-refractivity contribution in [1.82, 2.24) is 9.38 Å². The molecule has 0 aliphatic carbocycles. The molecular weight excluding hydrogens is 280 g/mol. The van der Waals surface area contributed by atoms with E-state index in [2.05, 4.69) is 78.9 Å². The Hall–Kier alpha value is -2.87. The smallest absolute Gasteiger partial charge is 0.146 e. The van der Waals surface area contributed by atoms with Gasteiger partial charge < -0.3 is 0 Å². The zero-order valence-electron chi connectivity index (χ0n) is 13.2. The van der Waals surface area contributed by atoms with Gasteiger partial charge >= 0.3 is 0 Å². The van der Waals surface area contributed by atoms with E-state index in [1.54, 1.807) is 0 Å². The molecule has 0 amide bonds. The van der Waals surface area contributed by atoms with Crippen LogP contribution < -0.4 is 0 Å². The quantitative estimate of drug-likeness (QED) is 0.349. The highest BCUT2D eigenvalue weighted by molar-refractivity contribution is 6.14. The predicted molar refractivity (Wildman–Crippen MR) is 97.2 cm³/mol. The van der Waals surface area contributed by atoms with Crippen LogP contribution in [0.15, 0.2) is 60.7 Å². The highest BCUT2D eigenvalue weighted by Gasteiger charge is 2.13. The van der Waals surface area contributed by atoms with Gasteiger partial charge in [-0.25, -0.2) is 4.98 Å². The molecule has 0 fully saturated rings. The molecule has 5 rings (SSSR count). The van der Waals surface area contributed by atoms with E-state index in [1.807, 2.05) is 0 Å². The number of pyridine rings is 1. The van der Waals surface area contributed by atoms with Gasteiger partial charge in [0.15, 0.2) is 0 Å². The second-order valence-corrected chi connectivity index (χ2v) is 6.26. The predicted octanol–water partition coefficient (Wildman–Crippen LogP) is 5.41. The molecule has 2 heteroatoms. The minimum atomic E-state index is 1.04. The van der Waals surface area contributed by atoms with Crippen LogP contribution in [0, 0.1) is 13.8 Å². The van der Waals surface area contributed by atoms with Crippen LogP contribution in [0.1, 0.15) is 11.1 Å². The van der Waals surface area contributed by atoms with E-state index in [9.17, 15) is 0 Å². The number of imidazole rings is 1. The van der Waals surface area contributed by atoms with Gasteiger partial charge in [0, 0.05) is 10.8 Å². The van der Waals surface area contributed by atoms with E-state index in [0.717, 1.165) is 11.2 Å². The molecule has 0 spiro atoms. The molecule has 110 valence electrons. The molecule has 23 heavy (non-hydrogen) atoms. The summed E-state index contributed by atoms with van der Waals surface area (Å²) < 4.78 is 2.29. The van der Waals surface area contributed by atoms with Crippen LogP contribution in [0.5, 0.6) is 0 Å². The largest absolute Gasteiger partial charge is 0.292 e. The van der Waals surface area contributed by atoms with E-state index < -0.39 is 0 Å². The van der Waals surface area contributed by atoms with Gasteiger partial charge in [0.2, 0.25) is 0 Å². The maximum atomic E-state index is 4.93. The Kier molecular flexibility index (Phi) is 2.38. The SMILES string of the molecule is Cc1cc2c3ccccc3n3c4ccccc4nc3c2cc1C. The Morgan fingerprint density at radius 1 is 0.696 bits per heavy atom. The molecule has 0 atom stereocenters. The Balaban J connectivity index is 2.21. The molecule has 0 N–H and O–H groups in total. The highest BCUT2D eigenvalue weighted by atomic mass is 15.0. The van der Waals surface area contributed by atoms with Crippen molar-refractivity contribution >= 4 is 38.4 Å². The molecule has 0 aliphatic rings. The van der Waals surface area contributed by atoms with Crippen molar-refractivity contribution in [3.63, 3.8) is 0 Å². The average molecular weight is 296 g/mol. The topological polar surface area (TPSA) is 17.3 Å². The molecule has 0 aliphatic heterocycles. The average Bonchev–Trinajstić information content (AvgIpc) is 2.96. The minimum absolute atomic E-state index is 1.04. The fourth-order valence-electron chi connectivity index (χ4n) is 3.57. The molecule has 0 unspecified atom stereocenters. The maximum absolute atomic E-state index is 4.93. The van der Waals surface area contributed by atoms with Gasteiger partial charge in [-0.1, -0.05) is 36.4 Å². The Morgan fingerprint density at radius 2 is 1.35 bits per heavy atom. The molecule has 0 bridgehead atoms. The van der Waals surface area contributed by atoms with Crippen molar-refractivity contribution in [2.24, 2.45) is 0 Å². The van der Waals surface area contributed by atoms with Gasteiger partial charge in [-0.05, 0) is 54.6 Å². The van der Waals surface area contributed by atoms with E-state index >= 15 is 0 Å². The number of hydrogen-bond donors (Lipinski definition) is 0. The van der Waals surface area contributed by atoms with Gasteiger partial charge in [-0.15, -0.1) is 0 Å². The molecule has 3 aromatic carbocycles. The van der Waals surface area contributed by atoms with E-state index in [0.29, 0.717) is 0 Å². The number of para-hydroxylation sites is 3. The molecule has 5 aromatic rings. The summed E-state index contributed by atoms with van der Waals surface area (Å²) >= 11 is 0. The summed E-state index contributed by atoms with van der Waals surface area (Å²) in [4.78, 5) is 4.93. The van der Waals surface area contributed by atoms with Gasteiger partial charge in [-0.2, -0.15) is 0 Å². The summed E-state index contributed by atoms with van der Waals surface area (Å²) in [5, 5.41) is 3.79. The van der Waals surface area contributed by atoms with E-state index in [1.165, 1.54) is 38.3 Å². The van der Waals surface area contributed by atoms with Crippen LogP contribution in [0.4, 0.5) is 0 Å². The third-order valence-corrected chi connectivity index (χ3v) is 4.87. The van der Waals surface area contributed by atoms with Crippen LogP contribution in [0.25, 0.3) is 38.4 Å². The summed E-state index contributed by atoms with van der Waals surface area (Å²) in [5.41, 5.74) is 7.10. The first-order valence-electron chi connectivity index (χ1n) is 7.93. The first kappa shape index (κ1) is 12.7. The molecule has 0 saturated carbocycles. The van der Waals surface area contributed by atoms with Gasteiger partial charge in [0.25, 0.3) is 0 Å². The summed E-state index contributed by atoms with van der Waals surface area (Å²) in [6.45, 7) is 4.35. The van der Waals surface area contributed by atoms with Crippen molar-refractivity contribution < 1.29 is 0 Å². The Morgan fingerprint density at radius 3 is 2.17 bits per heavy atom. The molecule has 2 nitrogen and oxygen atoms in total. The minimum Gasteiger partial charge on any atom is -0.292 e. The number of aryl methyl sites for hydroxylation is 2. The molecule has 0 saturated heterocycles. The van der Waals surface area contributed by atoms with E-state index in [4.69, 9.17) is 4.98 Å². The third kappa shape index (κ3) is 1.61. The lowest BCUT2D eigenvalue weighted by atomic mass is 10.00. The van der Waals surface area contributed by atoms with Crippen LogP contribution in [0.3, 0.4) is 0 Å². The summed E-state index contributed by atoms with van der Waals surface area (Å²) in [7, 11) is 0. The van der Waals surface area contributed by atoms with Crippen molar-refractivity contribution in [1.29, 1.82) is 0 Å².